The molecule has 1 aromatic carbocycles. The minimum atomic E-state index is -0.931. The third-order valence-corrected chi connectivity index (χ3v) is 3.35. The number of hydrogen-bond donors (Lipinski definition) is 3. The maximum absolute atomic E-state index is 11.0. The average molecular weight is 236 g/mol. The zero-order valence-corrected chi connectivity index (χ0v) is 9.41. The van der Waals surface area contributed by atoms with E-state index >= 15 is 0 Å². The van der Waals surface area contributed by atoms with Crippen molar-refractivity contribution in [1.82, 2.24) is 0 Å². The van der Waals surface area contributed by atoms with Crippen molar-refractivity contribution in [2.24, 2.45) is 5.92 Å². The first-order valence-corrected chi connectivity index (χ1v) is 5.75. The summed E-state index contributed by atoms with van der Waals surface area (Å²) in [6.07, 6.45) is 0.329. The first kappa shape index (κ1) is 12.1. The van der Waals surface area contributed by atoms with Gasteiger partial charge in [-0.15, -0.1) is 0 Å². The molecule has 0 amide bonds. The van der Waals surface area contributed by atoms with Crippen molar-refractivity contribution in [3.8, 4) is 0 Å². The van der Waals surface area contributed by atoms with Gasteiger partial charge in [-0.05, 0) is 36.8 Å². The van der Waals surface area contributed by atoms with E-state index in [0.29, 0.717) is 24.8 Å². The van der Waals surface area contributed by atoms with Crippen molar-refractivity contribution in [2.45, 2.75) is 31.5 Å². The number of benzene rings is 1. The summed E-state index contributed by atoms with van der Waals surface area (Å²) in [5.41, 5.74) is 1.08. The lowest BCUT2D eigenvalue weighted by molar-refractivity contribution is 0.0438. The smallest absolute Gasteiger partial charge is 0.335 e. The molecule has 0 heterocycles. The number of aromatic carboxylic acids is 1. The second-order valence-electron chi connectivity index (χ2n) is 4.64. The number of aliphatic hydroxyl groups is 2. The second-order valence-corrected chi connectivity index (χ2v) is 4.64. The molecule has 0 bridgehead atoms. The number of hydrogen-bond acceptors (Lipinski definition) is 3. The lowest BCUT2D eigenvalue weighted by Crippen LogP contribution is -2.17. The summed E-state index contributed by atoms with van der Waals surface area (Å²) in [7, 11) is 0. The standard InChI is InChI=1S/C13H16O4/c14-11-6-8(7-12(11)15)5-9-3-1-2-4-10(9)13(16)17/h1-4,8,11-12,14-15H,5-7H2,(H,16,17)/t8?,11-,12+. The monoisotopic (exact) mass is 236 g/mol. The number of carboxylic acid groups (broad SMARTS) is 1. The zero-order chi connectivity index (χ0) is 12.4. The summed E-state index contributed by atoms with van der Waals surface area (Å²) in [6, 6.07) is 6.88. The highest BCUT2D eigenvalue weighted by Crippen LogP contribution is 2.29. The molecular formula is C13H16O4. The van der Waals surface area contributed by atoms with Gasteiger partial charge in [0.25, 0.3) is 0 Å². The first-order chi connectivity index (χ1) is 8.08. The fraction of sp³-hybridized carbons (Fsp3) is 0.462. The Kier molecular flexibility index (Phi) is 3.45. The van der Waals surface area contributed by atoms with Gasteiger partial charge in [-0.25, -0.2) is 4.79 Å². The van der Waals surface area contributed by atoms with Crippen LogP contribution in [0.4, 0.5) is 0 Å². The van der Waals surface area contributed by atoms with Crippen molar-refractivity contribution >= 4 is 5.97 Å². The van der Waals surface area contributed by atoms with Crippen LogP contribution in [0.3, 0.4) is 0 Å². The van der Waals surface area contributed by atoms with Crippen LogP contribution in [0.15, 0.2) is 24.3 Å². The molecule has 1 unspecified atom stereocenters. The fourth-order valence-corrected chi connectivity index (χ4v) is 2.48. The fourth-order valence-electron chi connectivity index (χ4n) is 2.48. The Balaban J connectivity index is 2.11. The van der Waals surface area contributed by atoms with Crippen LogP contribution in [0.1, 0.15) is 28.8 Å². The van der Waals surface area contributed by atoms with Gasteiger partial charge in [0.05, 0.1) is 17.8 Å². The lowest BCUT2D eigenvalue weighted by atomic mass is 9.94. The Morgan fingerprint density at radius 1 is 1.18 bits per heavy atom. The largest absolute Gasteiger partial charge is 0.478 e. The molecule has 0 saturated heterocycles. The van der Waals surface area contributed by atoms with Gasteiger partial charge in [0, 0.05) is 0 Å². The van der Waals surface area contributed by atoms with E-state index in [-0.39, 0.29) is 5.92 Å². The van der Waals surface area contributed by atoms with E-state index in [1.807, 2.05) is 6.07 Å². The summed E-state index contributed by atoms with van der Waals surface area (Å²) >= 11 is 0. The molecule has 0 radical (unpaired) electrons. The quantitative estimate of drug-likeness (QED) is 0.733. The van der Waals surface area contributed by atoms with Gasteiger partial charge in [-0.2, -0.15) is 0 Å². The van der Waals surface area contributed by atoms with Crippen LogP contribution in [0.25, 0.3) is 0 Å². The summed E-state index contributed by atoms with van der Waals surface area (Å²) in [5, 5.41) is 28.0. The number of carbonyl (C=O) groups is 1. The minimum Gasteiger partial charge on any atom is -0.478 e. The molecule has 0 aliphatic heterocycles. The number of carboxylic acids is 1. The third-order valence-electron chi connectivity index (χ3n) is 3.35. The molecule has 3 atom stereocenters. The van der Waals surface area contributed by atoms with Crippen LogP contribution < -0.4 is 0 Å². The van der Waals surface area contributed by atoms with Crippen molar-refractivity contribution in [2.75, 3.05) is 0 Å². The molecule has 0 spiro atoms. The van der Waals surface area contributed by atoms with Gasteiger partial charge in [0.2, 0.25) is 0 Å². The van der Waals surface area contributed by atoms with Crippen molar-refractivity contribution in [1.29, 1.82) is 0 Å². The molecule has 3 N–H and O–H groups in total. The van der Waals surface area contributed by atoms with Crippen LogP contribution in [-0.4, -0.2) is 33.5 Å². The Morgan fingerprint density at radius 2 is 1.76 bits per heavy atom. The Hall–Kier alpha value is -1.39. The molecule has 1 saturated carbocycles. The van der Waals surface area contributed by atoms with E-state index < -0.39 is 18.2 Å². The molecule has 1 fully saturated rings. The van der Waals surface area contributed by atoms with Crippen molar-refractivity contribution in [3.63, 3.8) is 0 Å². The van der Waals surface area contributed by atoms with Gasteiger partial charge in [-0.1, -0.05) is 18.2 Å². The lowest BCUT2D eigenvalue weighted by Gasteiger charge is -2.11. The van der Waals surface area contributed by atoms with Gasteiger partial charge in [0.1, 0.15) is 0 Å². The Labute approximate surface area is 99.5 Å². The van der Waals surface area contributed by atoms with E-state index in [4.69, 9.17) is 5.11 Å². The number of aliphatic hydroxyl groups excluding tert-OH is 2. The Bertz CT molecular complexity index is 406. The maximum atomic E-state index is 11.0. The predicted molar refractivity (Wildman–Crippen MR) is 61.8 cm³/mol. The summed E-state index contributed by atoms with van der Waals surface area (Å²) in [5.74, 6) is -0.778. The third kappa shape index (κ3) is 2.65. The minimum absolute atomic E-state index is 0.153. The molecular weight excluding hydrogens is 220 g/mol. The van der Waals surface area contributed by atoms with Crippen molar-refractivity contribution in [3.05, 3.63) is 35.4 Å². The predicted octanol–water partition coefficient (Wildman–Crippen LogP) is 1.06. The molecule has 4 heteroatoms. The molecule has 17 heavy (non-hydrogen) atoms. The molecule has 2 rings (SSSR count). The number of rotatable bonds is 3. The van der Waals surface area contributed by atoms with Gasteiger partial charge >= 0.3 is 5.97 Å². The first-order valence-electron chi connectivity index (χ1n) is 5.75. The Morgan fingerprint density at radius 3 is 2.35 bits per heavy atom. The SMILES string of the molecule is O=C(O)c1ccccc1CC1C[C@@H](O)[C@@H](O)C1. The highest BCUT2D eigenvalue weighted by molar-refractivity contribution is 5.89. The van der Waals surface area contributed by atoms with Gasteiger partial charge < -0.3 is 15.3 Å². The van der Waals surface area contributed by atoms with Crippen molar-refractivity contribution < 1.29 is 20.1 Å². The highest BCUT2D eigenvalue weighted by atomic mass is 16.4. The zero-order valence-electron chi connectivity index (χ0n) is 9.41. The van der Waals surface area contributed by atoms with Crippen LogP contribution in [-0.2, 0) is 6.42 Å². The highest BCUT2D eigenvalue weighted by Gasteiger charge is 2.31. The molecule has 1 aromatic rings. The van der Waals surface area contributed by atoms with E-state index in [0.717, 1.165) is 5.56 Å². The molecule has 1 aliphatic rings. The van der Waals surface area contributed by atoms with E-state index in [2.05, 4.69) is 0 Å². The summed E-state index contributed by atoms with van der Waals surface area (Å²) in [6.45, 7) is 0. The summed E-state index contributed by atoms with van der Waals surface area (Å²) < 4.78 is 0. The summed E-state index contributed by atoms with van der Waals surface area (Å²) in [4.78, 5) is 11.0. The van der Waals surface area contributed by atoms with Crippen LogP contribution in [0, 0.1) is 5.92 Å². The van der Waals surface area contributed by atoms with Gasteiger partial charge in [-0.3, -0.25) is 0 Å². The van der Waals surface area contributed by atoms with Crippen LogP contribution in [0.5, 0.6) is 0 Å². The average Bonchev–Trinajstić information content (AvgIpc) is 2.58. The maximum Gasteiger partial charge on any atom is 0.335 e. The van der Waals surface area contributed by atoms with Gasteiger partial charge in [0.15, 0.2) is 0 Å². The topological polar surface area (TPSA) is 77.8 Å². The van der Waals surface area contributed by atoms with Crippen LogP contribution >= 0.6 is 0 Å². The van der Waals surface area contributed by atoms with E-state index in [1.54, 1.807) is 18.2 Å². The van der Waals surface area contributed by atoms with Crippen LogP contribution in [0.2, 0.25) is 0 Å². The molecule has 4 nitrogen and oxygen atoms in total. The van der Waals surface area contributed by atoms with E-state index in [9.17, 15) is 15.0 Å². The molecule has 92 valence electrons. The normalized spacial score (nSPS) is 28.2. The molecule has 0 aromatic heterocycles. The molecule has 1 aliphatic carbocycles. The second kappa shape index (κ2) is 4.85. The van der Waals surface area contributed by atoms with E-state index in [1.165, 1.54) is 0 Å².